The molecule has 0 N–H and O–H groups in total. The van der Waals surface area contributed by atoms with Crippen LogP contribution < -0.4 is 0 Å². The standard InChI is InChI=1S/C21H24F2N6O/c1-4-28(15(2)9-10-16-13-25-19(14-24-16)21(3,22)23)20(30)17-7-5-6-8-18(17)29-26-11-12-27-29/h5-8,11-15H,4,9-10H2,1-3H3/t15-/m0/s1. The predicted octanol–water partition coefficient (Wildman–Crippen LogP) is 3.65. The van der Waals surface area contributed by atoms with Crippen molar-refractivity contribution in [3.05, 3.63) is 66.0 Å². The van der Waals surface area contributed by atoms with Gasteiger partial charge in [0.1, 0.15) is 5.69 Å². The van der Waals surface area contributed by atoms with E-state index < -0.39 is 5.92 Å². The number of nitrogens with zero attached hydrogens (tertiary/aromatic N) is 6. The molecule has 0 aliphatic carbocycles. The van der Waals surface area contributed by atoms with Crippen molar-refractivity contribution in [1.82, 2.24) is 29.9 Å². The Kier molecular flexibility index (Phi) is 6.49. The molecule has 0 aliphatic rings. The number of aromatic nitrogens is 5. The Labute approximate surface area is 173 Å². The Bertz CT molecular complexity index is 970. The van der Waals surface area contributed by atoms with E-state index in [0.717, 1.165) is 13.1 Å². The lowest BCUT2D eigenvalue weighted by Gasteiger charge is -2.28. The molecule has 2 aromatic heterocycles. The smallest absolute Gasteiger partial charge is 0.288 e. The molecular weight excluding hydrogens is 390 g/mol. The highest BCUT2D eigenvalue weighted by atomic mass is 19.3. The van der Waals surface area contributed by atoms with Crippen molar-refractivity contribution in [1.29, 1.82) is 0 Å². The summed E-state index contributed by atoms with van der Waals surface area (Å²) in [5, 5.41) is 8.25. The molecule has 0 fully saturated rings. The Hall–Kier alpha value is -3.23. The van der Waals surface area contributed by atoms with Crippen molar-refractivity contribution in [2.24, 2.45) is 0 Å². The quantitative estimate of drug-likeness (QED) is 0.562. The number of benzene rings is 1. The molecule has 0 saturated heterocycles. The van der Waals surface area contributed by atoms with E-state index >= 15 is 0 Å². The lowest BCUT2D eigenvalue weighted by atomic mass is 10.1. The highest BCUT2D eigenvalue weighted by Crippen LogP contribution is 2.24. The summed E-state index contributed by atoms with van der Waals surface area (Å²) in [7, 11) is 0. The van der Waals surface area contributed by atoms with Crippen LogP contribution in [0.4, 0.5) is 8.78 Å². The van der Waals surface area contributed by atoms with E-state index in [1.54, 1.807) is 35.5 Å². The summed E-state index contributed by atoms with van der Waals surface area (Å²) < 4.78 is 26.6. The van der Waals surface area contributed by atoms with E-state index in [-0.39, 0.29) is 17.6 Å². The van der Waals surface area contributed by atoms with Gasteiger partial charge < -0.3 is 4.90 Å². The van der Waals surface area contributed by atoms with Crippen molar-refractivity contribution in [2.75, 3.05) is 6.54 Å². The minimum absolute atomic E-state index is 0.0878. The molecule has 3 rings (SSSR count). The summed E-state index contributed by atoms with van der Waals surface area (Å²) in [6.45, 7) is 5.19. The first-order valence-corrected chi connectivity index (χ1v) is 9.77. The fourth-order valence-corrected chi connectivity index (χ4v) is 3.20. The lowest BCUT2D eigenvalue weighted by molar-refractivity contribution is 0.0123. The van der Waals surface area contributed by atoms with Gasteiger partial charge in [-0.1, -0.05) is 12.1 Å². The largest absolute Gasteiger partial charge is 0.336 e. The van der Waals surface area contributed by atoms with E-state index in [4.69, 9.17) is 0 Å². The van der Waals surface area contributed by atoms with Gasteiger partial charge in [0.15, 0.2) is 0 Å². The van der Waals surface area contributed by atoms with Gasteiger partial charge in [-0.2, -0.15) is 23.8 Å². The molecule has 1 atom stereocenters. The maximum atomic E-state index is 13.3. The molecule has 7 nitrogen and oxygen atoms in total. The van der Waals surface area contributed by atoms with E-state index in [1.807, 2.05) is 19.9 Å². The van der Waals surface area contributed by atoms with Crippen LogP contribution in [0.2, 0.25) is 0 Å². The van der Waals surface area contributed by atoms with Crippen LogP contribution in [-0.4, -0.2) is 48.4 Å². The maximum Gasteiger partial charge on any atom is 0.288 e. The van der Waals surface area contributed by atoms with Gasteiger partial charge in [-0.25, -0.2) is 0 Å². The van der Waals surface area contributed by atoms with Crippen LogP contribution in [0.25, 0.3) is 5.69 Å². The molecule has 158 valence electrons. The van der Waals surface area contributed by atoms with Gasteiger partial charge in [-0.15, -0.1) is 0 Å². The summed E-state index contributed by atoms with van der Waals surface area (Å²) in [4.78, 5) is 24.3. The molecule has 2 heterocycles. The van der Waals surface area contributed by atoms with Crippen LogP contribution in [-0.2, 0) is 12.3 Å². The number of carbonyl (C=O) groups is 1. The number of para-hydroxylation sites is 1. The Morgan fingerprint density at radius 3 is 2.47 bits per heavy atom. The molecule has 0 saturated carbocycles. The minimum atomic E-state index is -3.01. The van der Waals surface area contributed by atoms with E-state index in [2.05, 4.69) is 20.2 Å². The fourth-order valence-electron chi connectivity index (χ4n) is 3.20. The van der Waals surface area contributed by atoms with Gasteiger partial charge in [-0.05, 0) is 38.8 Å². The Morgan fingerprint density at radius 2 is 1.87 bits per heavy atom. The zero-order valence-corrected chi connectivity index (χ0v) is 17.2. The number of aryl methyl sites for hydroxylation is 1. The zero-order chi connectivity index (χ0) is 21.7. The van der Waals surface area contributed by atoms with Crippen molar-refractivity contribution in [3.8, 4) is 5.69 Å². The number of rotatable bonds is 8. The first-order chi connectivity index (χ1) is 14.3. The Balaban J connectivity index is 1.71. The number of halogens is 2. The van der Waals surface area contributed by atoms with Gasteiger partial charge in [0.25, 0.3) is 11.8 Å². The average molecular weight is 414 g/mol. The topological polar surface area (TPSA) is 76.8 Å². The summed E-state index contributed by atoms with van der Waals surface area (Å²) in [5.41, 5.74) is 1.38. The van der Waals surface area contributed by atoms with E-state index in [9.17, 15) is 13.6 Å². The maximum absolute atomic E-state index is 13.3. The first-order valence-electron chi connectivity index (χ1n) is 9.77. The second-order valence-electron chi connectivity index (χ2n) is 7.10. The fraction of sp³-hybridized carbons (Fsp3) is 0.381. The zero-order valence-electron chi connectivity index (χ0n) is 17.2. The molecule has 0 spiro atoms. The summed E-state index contributed by atoms with van der Waals surface area (Å²) >= 11 is 0. The minimum Gasteiger partial charge on any atom is -0.336 e. The molecular formula is C21H24F2N6O. The number of hydrogen-bond donors (Lipinski definition) is 0. The van der Waals surface area contributed by atoms with E-state index in [1.165, 1.54) is 11.0 Å². The van der Waals surface area contributed by atoms with Gasteiger partial charge in [-0.3, -0.25) is 14.8 Å². The first kappa shape index (κ1) is 21.5. The van der Waals surface area contributed by atoms with Gasteiger partial charge >= 0.3 is 0 Å². The third-order valence-corrected chi connectivity index (χ3v) is 4.88. The second-order valence-corrected chi connectivity index (χ2v) is 7.10. The molecule has 30 heavy (non-hydrogen) atoms. The SMILES string of the molecule is CCN(C(=O)c1ccccc1-n1nccn1)[C@@H](C)CCc1cnc(C(C)(F)F)cn1. The van der Waals surface area contributed by atoms with E-state index in [0.29, 0.717) is 36.3 Å². The van der Waals surface area contributed by atoms with Crippen LogP contribution >= 0.6 is 0 Å². The third kappa shape index (κ3) is 4.84. The number of carbonyl (C=O) groups excluding carboxylic acids is 1. The molecule has 1 aromatic carbocycles. The summed E-state index contributed by atoms with van der Waals surface area (Å²) in [6.07, 6.45) is 6.74. The van der Waals surface area contributed by atoms with Gasteiger partial charge in [0.05, 0.1) is 35.5 Å². The molecule has 3 aromatic rings. The van der Waals surface area contributed by atoms with Crippen LogP contribution in [0.15, 0.2) is 49.1 Å². The average Bonchev–Trinajstić information content (AvgIpc) is 3.27. The summed E-state index contributed by atoms with van der Waals surface area (Å²) in [5.74, 6) is -3.13. The number of alkyl halides is 2. The summed E-state index contributed by atoms with van der Waals surface area (Å²) in [6, 6.07) is 7.10. The monoisotopic (exact) mass is 414 g/mol. The molecule has 0 unspecified atom stereocenters. The van der Waals surface area contributed by atoms with Crippen molar-refractivity contribution in [2.45, 2.75) is 45.6 Å². The normalized spacial score (nSPS) is 12.6. The van der Waals surface area contributed by atoms with Crippen molar-refractivity contribution in [3.63, 3.8) is 0 Å². The number of hydrogen-bond acceptors (Lipinski definition) is 5. The lowest BCUT2D eigenvalue weighted by Crippen LogP contribution is -2.39. The van der Waals surface area contributed by atoms with Crippen LogP contribution in [0, 0.1) is 0 Å². The van der Waals surface area contributed by atoms with Gasteiger partial charge in [0.2, 0.25) is 0 Å². The van der Waals surface area contributed by atoms with Crippen LogP contribution in [0.5, 0.6) is 0 Å². The highest BCUT2D eigenvalue weighted by molar-refractivity contribution is 5.97. The van der Waals surface area contributed by atoms with Crippen molar-refractivity contribution < 1.29 is 13.6 Å². The number of amides is 1. The van der Waals surface area contributed by atoms with Gasteiger partial charge in [0, 0.05) is 25.7 Å². The van der Waals surface area contributed by atoms with Crippen LogP contribution in [0.3, 0.4) is 0 Å². The van der Waals surface area contributed by atoms with Crippen molar-refractivity contribution >= 4 is 5.91 Å². The molecule has 1 amide bonds. The highest BCUT2D eigenvalue weighted by Gasteiger charge is 2.27. The third-order valence-electron chi connectivity index (χ3n) is 4.88. The molecule has 9 heteroatoms. The second kappa shape index (κ2) is 9.06. The molecule has 0 aliphatic heterocycles. The molecule has 0 radical (unpaired) electrons. The van der Waals surface area contributed by atoms with Crippen LogP contribution in [0.1, 0.15) is 48.9 Å². The Morgan fingerprint density at radius 1 is 1.17 bits per heavy atom. The molecule has 0 bridgehead atoms. The predicted molar refractivity (Wildman–Crippen MR) is 107 cm³/mol.